The van der Waals surface area contributed by atoms with E-state index in [2.05, 4.69) is 10.6 Å². The fourth-order valence-electron chi connectivity index (χ4n) is 3.32. The Morgan fingerprint density at radius 1 is 1.03 bits per heavy atom. The summed E-state index contributed by atoms with van der Waals surface area (Å²) in [5, 5.41) is 5.03. The van der Waals surface area contributed by atoms with Crippen LogP contribution in [-0.2, 0) is 21.0 Å². The van der Waals surface area contributed by atoms with Gasteiger partial charge >= 0.3 is 6.18 Å². The number of para-hydroxylation sites is 1. The minimum Gasteiger partial charge on any atom is -0.324 e. The molecule has 4 rings (SSSR count). The molecule has 1 aliphatic heterocycles. The highest BCUT2D eigenvalue weighted by atomic mass is 32.2. The Labute approximate surface area is 203 Å². The minimum atomic E-state index is -4.75. The zero-order valence-electron chi connectivity index (χ0n) is 18.0. The number of anilines is 3. The summed E-state index contributed by atoms with van der Waals surface area (Å²) >= 11 is 1.36. The molecule has 0 aliphatic carbocycles. The van der Waals surface area contributed by atoms with E-state index in [-0.39, 0.29) is 27.3 Å². The van der Waals surface area contributed by atoms with E-state index < -0.39 is 33.4 Å². The highest BCUT2D eigenvalue weighted by Crippen LogP contribution is 2.37. The first-order valence-electron chi connectivity index (χ1n) is 10.2. The average molecular weight is 522 g/mol. The number of thioether (sulfide) groups is 1. The molecule has 3 aromatic rings. The van der Waals surface area contributed by atoms with Gasteiger partial charge in [0.25, 0.3) is 15.9 Å². The number of amides is 2. The summed E-state index contributed by atoms with van der Waals surface area (Å²) in [6.07, 6.45) is -4.75. The van der Waals surface area contributed by atoms with Gasteiger partial charge in [-0.05, 0) is 55.5 Å². The van der Waals surface area contributed by atoms with Crippen LogP contribution < -0.4 is 15.4 Å². The molecule has 0 radical (unpaired) electrons. The fourth-order valence-corrected chi connectivity index (χ4v) is 5.37. The van der Waals surface area contributed by atoms with Gasteiger partial charge in [-0.1, -0.05) is 18.2 Å². The molecular formula is C23H18F3N3O4S2. The lowest BCUT2D eigenvalue weighted by molar-refractivity contribution is -0.136. The number of nitrogens with one attached hydrogen (secondary N) is 3. The average Bonchev–Trinajstić information content (AvgIpc) is 2.79. The summed E-state index contributed by atoms with van der Waals surface area (Å²) in [5.74, 6) is -0.742. The molecule has 0 spiro atoms. The Bertz CT molecular complexity index is 1430. The standard InChI is InChI=1S/C23H18F3N3O4S2/c1-13-21(30)28-19-11-14(9-10-20(19)34-13)22(31)27-15-5-4-6-16(12-15)35(32,33)29-18-8-3-2-7-17(18)23(24,25)26/h2-13,29H,1H3,(H,27,31)(H,28,30). The number of hydrogen-bond acceptors (Lipinski definition) is 5. The number of alkyl halides is 3. The number of benzene rings is 3. The van der Waals surface area contributed by atoms with Crippen molar-refractivity contribution in [2.24, 2.45) is 0 Å². The lowest BCUT2D eigenvalue weighted by atomic mass is 10.1. The lowest BCUT2D eigenvalue weighted by Gasteiger charge is -2.21. The van der Waals surface area contributed by atoms with Gasteiger partial charge in [0, 0.05) is 16.1 Å². The summed E-state index contributed by atoms with van der Waals surface area (Å²) in [7, 11) is -4.39. The Morgan fingerprint density at radius 3 is 2.51 bits per heavy atom. The van der Waals surface area contributed by atoms with E-state index in [1.807, 2.05) is 4.72 Å². The molecule has 35 heavy (non-hydrogen) atoms. The van der Waals surface area contributed by atoms with Gasteiger partial charge in [0.05, 0.1) is 27.1 Å². The number of hydrogen-bond donors (Lipinski definition) is 3. The van der Waals surface area contributed by atoms with Gasteiger partial charge in [-0.2, -0.15) is 13.2 Å². The van der Waals surface area contributed by atoms with E-state index in [0.717, 1.165) is 29.2 Å². The Kier molecular flexibility index (Phi) is 6.52. The number of carbonyl (C=O) groups is 2. The molecule has 0 fully saturated rings. The molecule has 7 nitrogen and oxygen atoms in total. The van der Waals surface area contributed by atoms with Crippen LogP contribution in [0.15, 0.2) is 76.5 Å². The smallest absolute Gasteiger partial charge is 0.324 e. The molecule has 1 unspecified atom stereocenters. The van der Waals surface area contributed by atoms with Gasteiger partial charge in [0.1, 0.15) is 0 Å². The maximum atomic E-state index is 13.2. The van der Waals surface area contributed by atoms with E-state index in [1.54, 1.807) is 19.1 Å². The maximum Gasteiger partial charge on any atom is 0.418 e. The van der Waals surface area contributed by atoms with Crippen molar-refractivity contribution in [2.45, 2.75) is 28.1 Å². The normalized spacial score (nSPS) is 15.7. The second kappa shape index (κ2) is 9.27. The third kappa shape index (κ3) is 5.43. The van der Waals surface area contributed by atoms with Crippen LogP contribution in [0.3, 0.4) is 0 Å². The molecule has 3 aromatic carbocycles. The molecule has 0 saturated carbocycles. The van der Waals surface area contributed by atoms with Crippen LogP contribution in [-0.4, -0.2) is 25.5 Å². The van der Waals surface area contributed by atoms with Crippen LogP contribution in [0.5, 0.6) is 0 Å². The van der Waals surface area contributed by atoms with Crippen LogP contribution >= 0.6 is 11.8 Å². The van der Waals surface area contributed by atoms with Gasteiger partial charge in [-0.15, -0.1) is 11.8 Å². The molecular weight excluding hydrogens is 503 g/mol. The number of carbonyl (C=O) groups excluding carboxylic acids is 2. The molecule has 3 N–H and O–H groups in total. The predicted octanol–water partition coefficient (Wildman–Crippen LogP) is 5.19. The van der Waals surface area contributed by atoms with Crippen molar-refractivity contribution in [3.05, 3.63) is 77.9 Å². The zero-order chi connectivity index (χ0) is 25.4. The van der Waals surface area contributed by atoms with Crippen LogP contribution in [0.1, 0.15) is 22.8 Å². The van der Waals surface area contributed by atoms with Crippen LogP contribution in [0, 0.1) is 0 Å². The van der Waals surface area contributed by atoms with Crippen molar-refractivity contribution in [2.75, 3.05) is 15.4 Å². The molecule has 182 valence electrons. The van der Waals surface area contributed by atoms with Gasteiger partial charge in [-0.25, -0.2) is 8.42 Å². The van der Waals surface area contributed by atoms with Crippen molar-refractivity contribution in [1.82, 2.24) is 0 Å². The first-order valence-corrected chi connectivity index (χ1v) is 12.5. The van der Waals surface area contributed by atoms with E-state index in [4.69, 9.17) is 0 Å². The van der Waals surface area contributed by atoms with E-state index >= 15 is 0 Å². The molecule has 1 atom stereocenters. The van der Waals surface area contributed by atoms with Gasteiger partial charge in [0.15, 0.2) is 0 Å². The molecule has 1 heterocycles. The van der Waals surface area contributed by atoms with Crippen LogP contribution in [0.4, 0.5) is 30.2 Å². The Balaban J connectivity index is 1.55. The van der Waals surface area contributed by atoms with Gasteiger partial charge in [0.2, 0.25) is 5.91 Å². The maximum absolute atomic E-state index is 13.2. The van der Waals surface area contributed by atoms with Crippen molar-refractivity contribution in [1.29, 1.82) is 0 Å². The number of halogens is 3. The first-order chi connectivity index (χ1) is 16.4. The first kappa shape index (κ1) is 24.6. The molecule has 0 aromatic heterocycles. The zero-order valence-corrected chi connectivity index (χ0v) is 19.6. The third-order valence-electron chi connectivity index (χ3n) is 5.05. The summed E-state index contributed by atoms with van der Waals surface area (Å²) in [4.78, 5) is 25.1. The van der Waals surface area contributed by atoms with Crippen LogP contribution in [0.2, 0.25) is 0 Å². The molecule has 0 saturated heterocycles. The summed E-state index contributed by atoms with van der Waals surface area (Å²) < 4.78 is 67.2. The molecule has 2 amide bonds. The summed E-state index contributed by atoms with van der Waals surface area (Å²) in [5.41, 5.74) is -0.899. The topological polar surface area (TPSA) is 104 Å². The predicted molar refractivity (Wildman–Crippen MR) is 127 cm³/mol. The second-order valence-electron chi connectivity index (χ2n) is 7.59. The summed E-state index contributed by atoms with van der Waals surface area (Å²) in [6, 6.07) is 14.1. The Morgan fingerprint density at radius 2 is 1.77 bits per heavy atom. The fraction of sp³-hybridized carbons (Fsp3) is 0.130. The lowest BCUT2D eigenvalue weighted by Crippen LogP contribution is -2.26. The van der Waals surface area contributed by atoms with Crippen molar-refractivity contribution in [3.8, 4) is 0 Å². The Hall–Kier alpha value is -3.51. The minimum absolute atomic E-state index is 0.117. The highest BCUT2D eigenvalue weighted by Gasteiger charge is 2.34. The quantitative estimate of drug-likeness (QED) is 0.429. The number of rotatable bonds is 5. The largest absolute Gasteiger partial charge is 0.418 e. The van der Waals surface area contributed by atoms with Gasteiger partial charge < -0.3 is 10.6 Å². The van der Waals surface area contributed by atoms with Crippen molar-refractivity contribution >= 4 is 50.7 Å². The number of sulfonamides is 1. The van der Waals surface area contributed by atoms with E-state index in [1.165, 1.54) is 42.1 Å². The molecule has 1 aliphatic rings. The van der Waals surface area contributed by atoms with Crippen molar-refractivity contribution < 1.29 is 31.2 Å². The van der Waals surface area contributed by atoms with Crippen molar-refractivity contribution in [3.63, 3.8) is 0 Å². The SMILES string of the molecule is CC1Sc2ccc(C(=O)Nc3cccc(S(=O)(=O)Nc4ccccc4C(F)(F)F)c3)cc2NC1=O. The second-order valence-corrected chi connectivity index (χ2v) is 10.7. The van der Waals surface area contributed by atoms with E-state index in [9.17, 15) is 31.2 Å². The molecule has 0 bridgehead atoms. The molecule has 12 heteroatoms. The third-order valence-corrected chi connectivity index (χ3v) is 7.59. The van der Waals surface area contributed by atoms with Gasteiger partial charge in [-0.3, -0.25) is 14.3 Å². The summed E-state index contributed by atoms with van der Waals surface area (Å²) in [6.45, 7) is 1.77. The number of fused-ring (bicyclic) bond motifs is 1. The highest BCUT2D eigenvalue weighted by molar-refractivity contribution is 8.01. The van der Waals surface area contributed by atoms with Crippen LogP contribution in [0.25, 0.3) is 0 Å². The monoisotopic (exact) mass is 521 g/mol. The van der Waals surface area contributed by atoms with E-state index in [0.29, 0.717) is 5.69 Å².